The average Bonchev–Trinajstić information content (AvgIpc) is 3.05. The molecule has 0 spiro atoms. The quantitative estimate of drug-likeness (QED) is 0.624. The number of nitrogens with one attached hydrogen (secondary N) is 1. The van der Waals surface area contributed by atoms with E-state index in [1.807, 2.05) is 19.1 Å². The maximum atomic E-state index is 12.5. The number of carbonyl (C=O) groups excluding carboxylic acids is 1. The lowest BCUT2D eigenvalue weighted by Gasteiger charge is -2.10. The Bertz CT molecular complexity index is 934. The van der Waals surface area contributed by atoms with E-state index in [-0.39, 0.29) is 11.7 Å². The van der Waals surface area contributed by atoms with Gasteiger partial charge in [0.1, 0.15) is 11.5 Å². The van der Waals surface area contributed by atoms with Crippen molar-refractivity contribution in [3.05, 3.63) is 69.9 Å². The highest BCUT2D eigenvalue weighted by atomic mass is 35.5. The molecule has 1 aromatic heterocycles. The first-order valence-electron chi connectivity index (χ1n) is 7.49. The Morgan fingerprint density at radius 1 is 1.08 bits per heavy atom. The minimum atomic E-state index is -0.375. The molecule has 0 aliphatic heterocycles. The molecular formula is C19H15Cl2NO3. The molecule has 0 atom stereocenters. The maximum Gasteiger partial charge on any atom is 0.291 e. The van der Waals surface area contributed by atoms with Crippen LogP contribution < -0.4 is 10.1 Å². The van der Waals surface area contributed by atoms with E-state index in [0.717, 1.165) is 5.56 Å². The van der Waals surface area contributed by atoms with Crippen molar-refractivity contribution in [2.45, 2.75) is 6.92 Å². The lowest BCUT2D eigenvalue weighted by molar-refractivity contribution is 0.0997. The van der Waals surface area contributed by atoms with E-state index >= 15 is 0 Å². The predicted octanol–water partition coefficient (Wildman–Crippen LogP) is 5.82. The molecular weight excluding hydrogens is 361 g/mol. The number of halogens is 2. The normalized spacial score (nSPS) is 10.6. The third kappa shape index (κ3) is 3.81. The third-order valence-corrected chi connectivity index (χ3v) is 4.18. The summed E-state index contributed by atoms with van der Waals surface area (Å²) in [5, 5.41) is 3.78. The molecule has 25 heavy (non-hydrogen) atoms. The van der Waals surface area contributed by atoms with E-state index < -0.39 is 0 Å². The van der Waals surface area contributed by atoms with Crippen LogP contribution in [-0.4, -0.2) is 13.0 Å². The molecule has 0 aliphatic rings. The van der Waals surface area contributed by atoms with Crippen LogP contribution in [-0.2, 0) is 0 Å². The average molecular weight is 376 g/mol. The van der Waals surface area contributed by atoms with Gasteiger partial charge in [0.25, 0.3) is 5.91 Å². The van der Waals surface area contributed by atoms with Crippen LogP contribution in [0.5, 0.6) is 5.75 Å². The van der Waals surface area contributed by atoms with Gasteiger partial charge in [0, 0.05) is 10.6 Å². The molecule has 0 radical (unpaired) electrons. The van der Waals surface area contributed by atoms with Crippen LogP contribution in [0.1, 0.15) is 16.1 Å². The Kier molecular flexibility index (Phi) is 5.02. The van der Waals surface area contributed by atoms with Crippen molar-refractivity contribution in [1.82, 2.24) is 0 Å². The first-order valence-corrected chi connectivity index (χ1v) is 8.25. The minimum Gasteiger partial charge on any atom is -0.495 e. The van der Waals surface area contributed by atoms with Gasteiger partial charge in [0.05, 0.1) is 17.8 Å². The second-order valence-corrected chi connectivity index (χ2v) is 6.29. The van der Waals surface area contributed by atoms with E-state index in [0.29, 0.717) is 32.8 Å². The van der Waals surface area contributed by atoms with Crippen LogP contribution in [0.25, 0.3) is 11.3 Å². The highest BCUT2D eigenvalue weighted by molar-refractivity contribution is 6.36. The summed E-state index contributed by atoms with van der Waals surface area (Å²) in [6.07, 6.45) is 0. The Labute approximate surface area is 155 Å². The largest absolute Gasteiger partial charge is 0.495 e. The van der Waals surface area contributed by atoms with E-state index in [4.69, 9.17) is 32.4 Å². The zero-order valence-electron chi connectivity index (χ0n) is 13.6. The van der Waals surface area contributed by atoms with E-state index in [1.165, 1.54) is 0 Å². The molecule has 2 aromatic carbocycles. The highest BCUT2D eigenvalue weighted by Gasteiger charge is 2.16. The molecule has 3 aromatic rings. The molecule has 0 saturated carbocycles. The fraction of sp³-hybridized carbons (Fsp3) is 0.105. The van der Waals surface area contributed by atoms with Gasteiger partial charge in [0.15, 0.2) is 5.76 Å². The van der Waals surface area contributed by atoms with Crippen molar-refractivity contribution in [2.75, 3.05) is 12.4 Å². The molecule has 0 bridgehead atoms. The van der Waals surface area contributed by atoms with Crippen LogP contribution in [0.4, 0.5) is 5.69 Å². The topological polar surface area (TPSA) is 51.5 Å². The fourth-order valence-electron chi connectivity index (χ4n) is 2.40. The van der Waals surface area contributed by atoms with Crippen molar-refractivity contribution in [2.24, 2.45) is 0 Å². The number of furan rings is 1. The molecule has 1 amide bonds. The molecule has 1 heterocycles. The van der Waals surface area contributed by atoms with Gasteiger partial charge in [-0.15, -0.1) is 0 Å². The lowest BCUT2D eigenvalue weighted by Crippen LogP contribution is -2.11. The predicted molar refractivity (Wildman–Crippen MR) is 99.8 cm³/mol. The summed E-state index contributed by atoms with van der Waals surface area (Å²) in [6, 6.07) is 13.9. The van der Waals surface area contributed by atoms with Gasteiger partial charge in [-0.1, -0.05) is 29.3 Å². The standard InChI is InChI=1S/C19H15Cl2NO3/c1-11-3-6-17(24-2)15(9-11)22-19(23)18-8-7-16(25-18)13-5-4-12(20)10-14(13)21/h3-10H,1-2H3,(H,22,23). The molecule has 0 saturated heterocycles. The Morgan fingerprint density at radius 2 is 1.88 bits per heavy atom. The summed E-state index contributed by atoms with van der Waals surface area (Å²) in [6.45, 7) is 1.93. The van der Waals surface area contributed by atoms with Crippen LogP contribution >= 0.6 is 23.2 Å². The third-order valence-electron chi connectivity index (χ3n) is 3.63. The molecule has 0 aliphatic carbocycles. The van der Waals surface area contributed by atoms with Crippen molar-refractivity contribution in [1.29, 1.82) is 0 Å². The van der Waals surface area contributed by atoms with Gasteiger partial charge in [-0.3, -0.25) is 4.79 Å². The van der Waals surface area contributed by atoms with Gasteiger partial charge in [0.2, 0.25) is 0 Å². The number of amides is 1. The second kappa shape index (κ2) is 7.21. The molecule has 6 heteroatoms. The SMILES string of the molecule is COc1ccc(C)cc1NC(=O)c1ccc(-c2ccc(Cl)cc2Cl)o1. The molecule has 4 nitrogen and oxygen atoms in total. The molecule has 128 valence electrons. The van der Waals surface area contributed by atoms with Crippen LogP contribution in [0.2, 0.25) is 10.0 Å². The molecule has 3 rings (SSSR count). The number of hydrogen-bond donors (Lipinski definition) is 1. The zero-order chi connectivity index (χ0) is 18.0. The highest BCUT2D eigenvalue weighted by Crippen LogP contribution is 2.32. The number of anilines is 1. The summed E-state index contributed by atoms with van der Waals surface area (Å²) in [5.41, 5.74) is 2.25. The fourth-order valence-corrected chi connectivity index (χ4v) is 2.90. The summed E-state index contributed by atoms with van der Waals surface area (Å²) in [5.74, 6) is 0.860. The van der Waals surface area contributed by atoms with Gasteiger partial charge in [-0.25, -0.2) is 0 Å². The number of ether oxygens (including phenoxy) is 1. The Morgan fingerprint density at radius 3 is 2.60 bits per heavy atom. The van der Waals surface area contributed by atoms with Gasteiger partial charge >= 0.3 is 0 Å². The van der Waals surface area contributed by atoms with Crippen molar-refractivity contribution in [3.8, 4) is 17.1 Å². The number of rotatable bonds is 4. The summed E-state index contributed by atoms with van der Waals surface area (Å²) in [4.78, 5) is 12.5. The van der Waals surface area contributed by atoms with Crippen LogP contribution in [0.3, 0.4) is 0 Å². The molecule has 0 unspecified atom stereocenters. The van der Waals surface area contributed by atoms with Crippen molar-refractivity contribution >= 4 is 34.8 Å². The smallest absolute Gasteiger partial charge is 0.291 e. The van der Waals surface area contributed by atoms with E-state index in [2.05, 4.69) is 5.32 Å². The van der Waals surface area contributed by atoms with Crippen molar-refractivity contribution < 1.29 is 13.9 Å². The Hall–Kier alpha value is -2.43. The van der Waals surface area contributed by atoms with Crippen molar-refractivity contribution in [3.63, 3.8) is 0 Å². The second-order valence-electron chi connectivity index (χ2n) is 5.45. The molecule has 1 N–H and O–H groups in total. The minimum absolute atomic E-state index is 0.171. The first-order chi connectivity index (χ1) is 12.0. The number of carbonyl (C=O) groups is 1. The molecule has 0 fully saturated rings. The zero-order valence-corrected chi connectivity index (χ0v) is 15.1. The monoisotopic (exact) mass is 375 g/mol. The first kappa shape index (κ1) is 17.4. The maximum absolute atomic E-state index is 12.5. The number of benzene rings is 2. The van der Waals surface area contributed by atoms with Gasteiger partial charge < -0.3 is 14.5 Å². The number of aryl methyl sites for hydroxylation is 1. The summed E-state index contributed by atoms with van der Waals surface area (Å²) >= 11 is 12.1. The van der Waals surface area contributed by atoms with Gasteiger partial charge in [-0.05, 0) is 55.0 Å². The van der Waals surface area contributed by atoms with Crippen LogP contribution in [0, 0.1) is 6.92 Å². The van der Waals surface area contributed by atoms with Gasteiger partial charge in [-0.2, -0.15) is 0 Å². The summed E-state index contributed by atoms with van der Waals surface area (Å²) in [7, 11) is 1.55. The lowest BCUT2D eigenvalue weighted by atomic mass is 10.2. The number of methoxy groups -OCH3 is 1. The van der Waals surface area contributed by atoms with E-state index in [1.54, 1.807) is 43.5 Å². The van der Waals surface area contributed by atoms with Crippen LogP contribution in [0.15, 0.2) is 52.9 Å². The Balaban J connectivity index is 1.85. The van der Waals surface area contributed by atoms with E-state index in [9.17, 15) is 4.79 Å². The summed E-state index contributed by atoms with van der Waals surface area (Å²) < 4.78 is 10.9. The number of hydrogen-bond acceptors (Lipinski definition) is 3.